The third kappa shape index (κ3) is 2.49. The van der Waals surface area contributed by atoms with Crippen LogP contribution in [-0.2, 0) is 13.0 Å². The molecule has 3 aromatic rings. The van der Waals surface area contributed by atoms with E-state index >= 15 is 0 Å². The van der Waals surface area contributed by atoms with Crippen molar-refractivity contribution in [2.45, 2.75) is 13.0 Å². The highest BCUT2D eigenvalue weighted by molar-refractivity contribution is 7.10. The van der Waals surface area contributed by atoms with Gasteiger partial charge in [-0.1, -0.05) is 0 Å². The van der Waals surface area contributed by atoms with Gasteiger partial charge in [0.15, 0.2) is 0 Å². The van der Waals surface area contributed by atoms with Crippen molar-refractivity contribution in [1.29, 1.82) is 0 Å². The quantitative estimate of drug-likeness (QED) is 0.727. The number of amides is 1. The molecule has 1 aliphatic rings. The fraction of sp³-hybridized carbons (Fsp3) is 0.294. The molecule has 0 aliphatic carbocycles. The number of hydrogen-bond acceptors (Lipinski definition) is 4. The molecular formula is C17H18N4OS. The van der Waals surface area contributed by atoms with Crippen molar-refractivity contribution in [2.24, 2.45) is 0 Å². The van der Waals surface area contributed by atoms with Crippen LogP contribution in [0.5, 0.6) is 0 Å². The molecule has 4 heterocycles. The van der Waals surface area contributed by atoms with Gasteiger partial charge in [0.2, 0.25) is 0 Å². The Kier molecular flexibility index (Phi) is 3.34. The van der Waals surface area contributed by atoms with E-state index in [1.807, 2.05) is 52.8 Å². The largest absolute Gasteiger partial charge is 0.376 e. The summed E-state index contributed by atoms with van der Waals surface area (Å²) in [5, 5.41) is 2.10. The van der Waals surface area contributed by atoms with E-state index in [1.54, 1.807) is 11.3 Å². The summed E-state index contributed by atoms with van der Waals surface area (Å²) in [6, 6.07) is 6.07. The van der Waals surface area contributed by atoms with Crippen LogP contribution < -0.4 is 4.90 Å². The lowest BCUT2D eigenvalue weighted by Crippen LogP contribution is -2.35. The summed E-state index contributed by atoms with van der Waals surface area (Å²) >= 11 is 1.78. The van der Waals surface area contributed by atoms with Crippen LogP contribution in [0.25, 0.3) is 5.65 Å². The molecule has 0 bridgehead atoms. The second kappa shape index (κ2) is 5.38. The van der Waals surface area contributed by atoms with E-state index in [-0.39, 0.29) is 5.91 Å². The minimum atomic E-state index is 0.0111. The molecule has 6 heteroatoms. The second-order valence-corrected chi connectivity index (χ2v) is 7.02. The van der Waals surface area contributed by atoms with Gasteiger partial charge in [0.25, 0.3) is 5.91 Å². The Balaban J connectivity index is 1.62. The summed E-state index contributed by atoms with van der Waals surface area (Å²) in [5.74, 6) is 0.0111. The Morgan fingerprint density at radius 3 is 2.96 bits per heavy atom. The Morgan fingerprint density at radius 2 is 2.13 bits per heavy atom. The molecule has 0 aromatic carbocycles. The number of rotatable bonds is 2. The highest BCUT2D eigenvalue weighted by Crippen LogP contribution is 2.25. The van der Waals surface area contributed by atoms with Crippen LogP contribution in [0.4, 0.5) is 5.69 Å². The average Bonchev–Trinajstić information content (AvgIpc) is 3.18. The zero-order valence-corrected chi connectivity index (χ0v) is 14.0. The molecule has 0 saturated carbocycles. The number of aromatic nitrogens is 2. The van der Waals surface area contributed by atoms with Gasteiger partial charge in [-0.2, -0.15) is 0 Å². The first-order valence-electron chi connectivity index (χ1n) is 7.62. The maximum absolute atomic E-state index is 12.8. The molecule has 1 aliphatic heterocycles. The van der Waals surface area contributed by atoms with Gasteiger partial charge in [0.1, 0.15) is 11.3 Å². The van der Waals surface area contributed by atoms with Crippen LogP contribution in [0.2, 0.25) is 0 Å². The van der Waals surface area contributed by atoms with Crippen LogP contribution in [-0.4, -0.2) is 40.8 Å². The lowest BCUT2D eigenvalue weighted by Gasteiger charge is -2.26. The van der Waals surface area contributed by atoms with Gasteiger partial charge in [-0.05, 0) is 35.6 Å². The van der Waals surface area contributed by atoms with Crippen molar-refractivity contribution in [3.05, 3.63) is 52.1 Å². The van der Waals surface area contributed by atoms with E-state index in [4.69, 9.17) is 0 Å². The number of carbonyl (C=O) groups is 1. The van der Waals surface area contributed by atoms with Crippen LogP contribution in [0.3, 0.4) is 0 Å². The van der Waals surface area contributed by atoms with E-state index in [9.17, 15) is 4.79 Å². The molecule has 3 aromatic heterocycles. The summed E-state index contributed by atoms with van der Waals surface area (Å²) in [6.45, 7) is 1.46. The minimum Gasteiger partial charge on any atom is -0.376 e. The molecule has 23 heavy (non-hydrogen) atoms. The first-order valence-corrected chi connectivity index (χ1v) is 8.50. The van der Waals surface area contributed by atoms with Crippen molar-refractivity contribution in [2.75, 3.05) is 25.5 Å². The molecular weight excluding hydrogens is 308 g/mol. The number of fused-ring (bicyclic) bond motifs is 2. The maximum atomic E-state index is 12.8. The standard InChI is InChI=1S/C17H18N4OS/c1-19(2)13-3-4-16-18-14(11-21(16)10-13)17(22)20-7-5-15-12(9-20)6-8-23-15/h3-4,6,8,10-11H,5,7,9H2,1-2H3. The summed E-state index contributed by atoms with van der Waals surface area (Å²) in [5.41, 5.74) is 3.66. The van der Waals surface area contributed by atoms with E-state index in [0.717, 1.165) is 24.3 Å². The van der Waals surface area contributed by atoms with Crippen molar-refractivity contribution in [1.82, 2.24) is 14.3 Å². The topological polar surface area (TPSA) is 40.9 Å². The lowest BCUT2D eigenvalue weighted by atomic mass is 10.1. The third-order valence-corrected chi connectivity index (χ3v) is 5.29. The third-order valence-electron chi connectivity index (χ3n) is 4.27. The smallest absolute Gasteiger partial charge is 0.274 e. The van der Waals surface area contributed by atoms with Crippen LogP contribution >= 0.6 is 11.3 Å². The predicted molar refractivity (Wildman–Crippen MR) is 92.3 cm³/mol. The minimum absolute atomic E-state index is 0.0111. The summed E-state index contributed by atoms with van der Waals surface area (Å²) in [6.07, 6.45) is 4.76. The van der Waals surface area contributed by atoms with Gasteiger partial charge < -0.3 is 14.2 Å². The summed E-state index contributed by atoms with van der Waals surface area (Å²) in [7, 11) is 3.99. The number of thiophene rings is 1. The Bertz CT molecular complexity index is 880. The SMILES string of the molecule is CN(C)c1ccc2nc(C(=O)N3CCc4sccc4C3)cn2c1. The zero-order chi connectivity index (χ0) is 16.0. The van der Waals surface area contributed by atoms with E-state index in [2.05, 4.69) is 16.4 Å². The van der Waals surface area contributed by atoms with Gasteiger partial charge in [-0.3, -0.25) is 4.79 Å². The van der Waals surface area contributed by atoms with Crippen molar-refractivity contribution in [3.8, 4) is 0 Å². The first-order chi connectivity index (χ1) is 11.1. The normalized spacial score (nSPS) is 14.1. The Hall–Kier alpha value is -2.34. The molecule has 0 unspecified atom stereocenters. The van der Waals surface area contributed by atoms with E-state index in [0.29, 0.717) is 12.2 Å². The molecule has 0 saturated heterocycles. The summed E-state index contributed by atoms with van der Waals surface area (Å²) in [4.78, 5) is 22.6. The molecule has 0 spiro atoms. The highest BCUT2D eigenvalue weighted by atomic mass is 32.1. The second-order valence-electron chi connectivity index (χ2n) is 6.02. The lowest BCUT2D eigenvalue weighted by molar-refractivity contribution is 0.0730. The summed E-state index contributed by atoms with van der Waals surface area (Å²) < 4.78 is 1.92. The number of imidazole rings is 1. The van der Waals surface area contributed by atoms with Crippen LogP contribution in [0.1, 0.15) is 20.9 Å². The Morgan fingerprint density at radius 1 is 1.26 bits per heavy atom. The van der Waals surface area contributed by atoms with Crippen molar-refractivity contribution < 1.29 is 4.79 Å². The van der Waals surface area contributed by atoms with E-state index < -0.39 is 0 Å². The maximum Gasteiger partial charge on any atom is 0.274 e. The molecule has 1 amide bonds. The van der Waals surface area contributed by atoms with Gasteiger partial charge >= 0.3 is 0 Å². The zero-order valence-electron chi connectivity index (χ0n) is 13.2. The van der Waals surface area contributed by atoms with Gasteiger partial charge in [0, 0.05) is 44.5 Å². The molecule has 5 nitrogen and oxygen atoms in total. The number of hydrogen-bond donors (Lipinski definition) is 0. The van der Waals surface area contributed by atoms with Gasteiger partial charge in [0.05, 0.1) is 5.69 Å². The number of nitrogens with zero attached hydrogens (tertiary/aromatic N) is 4. The predicted octanol–water partition coefficient (Wildman–Crippen LogP) is 2.66. The molecule has 0 fully saturated rings. The van der Waals surface area contributed by atoms with Gasteiger partial charge in [-0.25, -0.2) is 4.98 Å². The molecule has 4 rings (SSSR count). The molecule has 118 valence electrons. The average molecular weight is 326 g/mol. The number of pyridine rings is 1. The molecule has 0 N–H and O–H groups in total. The fourth-order valence-electron chi connectivity index (χ4n) is 2.93. The monoisotopic (exact) mass is 326 g/mol. The van der Waals surface area contributed by atoms with Crippen molar-refractivity contribution >= 4 is 28.6 Å². The molecule has 0 radical (unpaired) electrons. The molecule has 0 atom stereocenters. The van der Waals surface area contributed by atoms with Crippen LogP contribution in [0, 0.1) is 0 Å². The number of anilines is 1. The van der Waals surface area contributed by atoms with Crippen LogP contribution in [0.15, 0.2) is 36.0 Å². The first kappa shape index (κ1) is 14.3. The Labute approximate surface area is 138 Å². The van der Waals surface area contributed by atoms with Gasteiger partial charge in [-0.15, -0.1) is 11.3 Å². The highest BCUT2D eigenvalue weighted by Gasteiger charge is 2.24. The van der Waals surface area contributed by atoms with E-state index in [1.165, 1.54) is 10.4 Å². The number of carbonyl (C=O) groups excluding carboxylic acids is 1. The van der Waals surface area contributed by atoms with Crippen molar-refractivity contribution in [3.63, 3.8) is 0 Å². The fourth-order valence-corrected chi connectivity index (χ4v) is 3.82.